The lowest BCUT2D eigenvalue weighted by atomic mass is 9.99. The SMILES string of the molecule is CCC(CNC(=O)C1COc2ccccc21)CC(=O)O. The van der Waals surface area contributed by atoms with Crippen LogP contribution in [-0.2, 0) is 9.59 Å². The number of carbonyl (C=O) groups is 2. The molecular formula is C15H19NO4. The first-order valence-electron chi connectivity index (χ1n) is 6.83. The molecule has 2 atom stereocenters. The topological polar surface area (TPSA) is 75.6 Å². The standard InChI is InChI=1S/C15H19NO4/c1-2-10(7-14(17)18)8-16-15(19)12-9-20-13-6-4-3-5-11(12)13/h3-6,10,12H,2,7-9H2,1H3,(H,16,19)(H,17,18). The average molecular weight is 277 g/mol. The van der Waals surface area contributed by atoms with Gasteiger partial charge in [0.25, 0.3) is 0 Å². The Kier molecular flexibility index (Phi) is 4.61. The zero-order valence-corrected chi connectivity index (χ0v) is 11.5. The van der Waals surface area contributed by atoms with E-state index in [9.17, 15) is 9.59 Å². The van der Waals surface area contributed by atoms with Crippen molar-refractivity contribution in [3.8, 4) is 5.75 Å². The fraction of sp³-hybridized carbons (Fsp3) is 0.467. The zero-order chi connectivity index (χ0) is 14.5. The van der Waals surface area contributed by atoms with Crippen molar-refractivity contribution in [2.24, 2.45) is 5.92 Å². The third kappa shape index (κ3) is 3.29. The third-order valence-corrected chi connectivity index (χ3v) is 3.62. The van der Waals surface area contributed by atoms with Gasteiger partial charge in [0.2, 0.25) is 5.91 Å². The number of ether oxygens (including phenoxy) is 1. The van der Waals surface area contributed by atoms with E-state index in [-0.39, 0.29) is 24.2 Å². The Hall–Kier alpha value is -2.04. The van der Waals surface area contributed by atoms with Crippen LogP contribution in [0.15, 0.2) is 24.3 Å². The predicted octanol–water partition coefficient (Wildman–Crippen LogP) is 1.78. The summed E-state index contributed by atoms with van der Waals surface area (Å²) in [5.74, 6) is -0.507. The third-order valence-electron chi connectivity index (χ3n) is 3.62. The van der Waals surface area contributed by atoms with E-state index in [0.29, 0.717) is 13.2 Å². The largest absolute Gasteiger partial charge is 0.492 e. The van der Waals surface area contributed by atoms with Crippen LogP contribution in [0, 0.1) is 5.92 Å². The molecule has 2 unspecified atom stereocenters. The van der Waals surface area contributed by atoms with Gasteiger partial charge >= 0.3 is 5.97 Å². The van der Waals surface area contributed by atoms with Crippen LogP contribution in [0.1, 0.15) is 31.2 Å². The summed E-state index contributed by atoms with van der Waals surface area (Å²) < 4.78 is 5.47. The Bertz CT molecular complexity index is 500. The quantitative estimate of drug-likeness (QED) is 0.831. The number of fused-ring (bicyclic) bond motifs is 1. The molecular weight excluding hydrogens is 258 g/mol. The normalized spacial score (nSPS) is 17.9. The molecule has 0 aromatic heterocycles. The lowest BCUT2D eigenvalue weighted by Crippen LogP contribution is -2.34. The number of para-hydroxylation sites is 1. The van der Waals surface area contributed by atoms with Crippen molar-refractivity contribution in [2.45, 2.75) is 25.7 Å². The monoisotopic (exact) mass is 277 g/mol. The molecule has 2 rings (SSSR count). The van der Waals surface area contributed by atoms with Gasteiger partial charge in [-0.15, -0.1) is 0 Å². The summed E-state index contributed by atoms with van der Waals surface area (Å²) in [5, 5.41) is 11.6. The first-order valence-corrected chi connectivity index (χ1v) is 6.83. The number of rotatable bonds is 6. The minimum Gasteiger partial charge on any atom is -0.492 e. The van der Waals surface area contributed by atoms with Crippen LogP contribution in [0.25, 0.3) is 0 Å². The maximum Gasteiger partial charge on any atom is 0.303 e. The Labute approximate surface area is 117 Å². The molecule has 0 saturated carbocycles. The smallest absolute Gasteiger partial charge is 0.303 e. The van der Waals surface area contributed by atoms with Crippen LogP contribution in [0.5, 0.6) is 5.75 Å². The summed E-state index contributed by atoms with van der Waals surface area (Å²) in [7, 11) is 0. The Morgan fingerprint density at radius 1 is 1.45 bits per heavy atom. The van der Waals surface area contributed by atoms with Crippen molar-refractivity contribution >= 4 is 11.9 Å². The van der Waals surface area contributed by atoms with Gasteiger partial charge in [0, 0.05) is 18.5 Å². The van der Waals surface area contributed by atoms with Gasteiger partial charge in [-0.3, -0.25) is 9.59 Å². The van der Waals surface area contributed by atoms with E-state index in [2.05, 4.69) is 5.32 Å². The summed E-state index contributed by atoms with van der Waals surface area (Å²) in [4.78, 5) is 22.9. The maximum atomic E-state index is 12.2. The number of nitrogens with one attached hydrogen (secondary N) is 1. The summed E-state index contributed by atoms with van der Waals surface area (Å²) in [6.07, 6.45) is 0.804. The number of amides is 1. The van der Waals surface area contributed by atoms with E-state index in [1.165, 1.54) is 0 Å². The van der Waals surface area contributed by atoms with Crippen LogP contribution >= 0.6 is 0 Å². The lowest BCUT2D eigenvalue weighted by molar-refractivity contribution is -0.138. The Balaban J connectivity index is 1.91. The molecule has 1 amide bonds. The molecule has 1 aliphatic rings. The van der Waals surface area contributed by atoms with Gasteiger partial charge in [-0.05, 0) is 12.0 Å². The van der Waals surface area contributed by atoms with E-state index in [4.69, 9.17) is 9.84 Å². The highest BCUT2D eigenvalue weighted by Gasteiger charge is 2.30. The average Bonchev–Trinajstić information content (AvgIpc) is 2.86. The predicted molar refractivity (Wildman–Crippen MR) is 73.7 cm³/mol. The second-order valence-corrected chi connectivity index (χ2v) is 5.02. The summed E-state index contributed by atoms with van der Waals surface area (Å²) >= 11 is 0. The van der Waals surface area contributed by atoms with E-state index >= 15 is 0 Å². The molecule has 20 heavy (non-hydrogen) atoms. The molecule has 5 nitrogen and oxygen atoms in total. The fourth-order valence-electron chi connectivity index (χ4n) is 2.36. The number of hydrogen-bond acceptors (Lipinski definition) is 3. The number of benzene rings is 1. The van der Waals surface area contributed by atoms with E-state index < -0.39 is 5.97 Å². The van der Waals surface area contributed by atoms with Crippen LogP contribution in [0.4, 0.5) is 0 Å². The lowest BCUT2D eigenvalue weighted by Gasteiger charge is -2.15. The number of carboxylic acid groups (broad SMARTS) is 1. The first kappa shape index (κ1) is 14.4. The maximum absolute atomic E-state index is 12.2. The highest BCUT2D eigenvalue weighted by Crippen LogP contribution is 2.33. The summed E-state index contributed by atoms with van der Waals surface area (Å²) in [6, 6.07) is 7.50. The summed E-state index contributed by atoms with van der Waals surface area (Å²) in [6.45, 7) is 2.66. The van der Waals surface area contributed by atoms with Crippen LogP contribution in [-0.4, -0.2) is 30.1 Å². The molecule has 0 radical (unpaired) electrons. The molecule has 1 heterocycles. The second-order valence-electron chi connectivity index (χ2n) is 5.02. The van der Waals surface area contributed by atoms with Crippen molar-refractivity contribution in [2.75, 3.05) is 13.2 Å². The van der Waals surface area contributed by atoms with Crippen molar-refractivity contribution < 1.29 is 19.4 Å². The highest BCUT2D eigenvalue weighted by molar-refractivity contribution is 5.85. The minimum atomic E-state index is -0.833. The highest BCUT2D eigenvalue weighted by atomic mass is 16.5. The first-order chi connectivity index (χ1) is 9.61. The van der Waals surface area contributed by atoms with Gasteiger partial charge in [0.15, 0.2) is 0 Å². The van der Waals surface area contributed by atoms with Crippen molar-refractivity contribution in [1.82, 2.24) is 5.32 Å². The Morgan fingerprint density at radius 3 is 2.90 bits per heavy atom. The van der Waals surface area contributed by atoms with Crippen LogP contribution in [0.3, 0.4) is 0 Å². The second kappa shape index (κ2) is 6.41. The molecule has 1 aromatic rings. The molecule has 2 N–H and O–H groups in total. The van der Waals surface area contributed by atoms with Crippen molar-refractivity contribution in [3.63, 3.8) is 0 Å². The van der Waals surface area contributed by atoms with Crippen LogP contribution in [0.2, 0.25) is 0 Å². The van der Waals surface area contributed by atoms with Gasteiger partial charge in [0.1, 0.15) is 18.3 Å². The van der Waals surface area contributed by atoms with Crippen LogP contribution < -0.4 is 10.1 Å². The van der Waals surface area contributed by atoms with E-state index in [1.807, 2.05) is 31.2 Å². The number of carbonyl (C=O) groups excluding carboxylic acids is 1. The van der Waals surface area contributed by atoms with Gasteiger partial charge in [-0.25, -0.2) is 0 Å². The molecule has 5 heteroatoms. The molecule has 0 fully saturated rings. The Morgan fingerprint density at radius 2 is 2.20 bits per heavy atom. The van der Waals surface area contributed by atoms with E-state index in [0.717, 1.165) is 17.7 Å². The van der Waals surface area contributed by atoms with Gasteiger partial charge in [-0.1, -0.05) is 31.5 Å². The molecule has 0 spiro atoms. The molecule has 1 aliphatic heterocycles. The number of carboxylic acids is 1. The van der Waals surface area contributed by atoms with Gasteiger partial charge in [0.05, 0.1) is 0 Å². The van der Waals surface area contributed by atoms with Crippen molar-refractivity contribution in [1.29, 1.82) is 0 Å². The van der Waals surface area contributed by atoms with E-state index in [1.54, 1.807) is 0 Å². The molecule has 1 aromatic carbocycles. The minimum absolute atomic E-state index is 0.0333. The number of aliphatic carboxylic acids is 1. The van der Waals surface area contributed by atoms with Gasteiger partial charge in [-0.2, -0.15) is 0 Å². The number of hydrogen-bond donors (Lipinski definition) is 2. The molecule has 0 aliphatic carbocycles. The molecule has 108 valence electrons. The summed E-state index contributed by atoms with van der Waals surface area (Å²) in [5.41, 5.74) is 0.899. The van der Waals surface area contributed by atoms with Crippen molar-refractivity contribution in [3.05, 3.63) is 29.8 Å². The molecule has 0 saturated heterocycles. The molecule has 0 bridgehead atoms. The zero-order valence-electron chi connectivity index (χ0n) is 11.5. The van der Waals surface area contributed by atoms with Gasteiger partial charge < -0.3 is 15.2 Å². The fourth-order valence-corrected chi connectivity index (χ4v) is 2.36.